The largest absolute Gasteiger partial charge is 0.461 e. The van der Waals surface area contributed by atoms with Crippen molar-refractivity contribution in [3.8, 4) is 0 Å². The van der Waals surface area contributed by atoms with E-state index in [0.29, 0.717) is 5.56 Å². The molecule has 5 heteroatoms. The number of hydrogen-bond donors (Lipinski definition) is 1. The van der Waals surface area contributed by atoms with Crippen molar-refractivity contribution in [2.45, 2.75) is 25.8 Å². The minimum absolute atomic E-state index is 0.103. The average Bonchev–Trinajstić information content (AvgIpc) is 3.08. The first-order valence-electron chi connectivity index (χ1n) is 8.28. The highest BCUT2D eigenvalue weighted by molar-refractivity contribution is 6.40. The van der Waals surface area contributed by atoms with E-state index >= 15 is 0 Å². The molecule has 5 nitrogen and oxygen atoms in total. The molecule has 0 aromatic heterocycles. The molecule has 0 fully saturated rings. The summed E-state index contributed by atoms with van der Waals surface area (Å²) in [5.74, 6) is -1.08. The van der Waals surface area contributed by atoms with Gasteiger partial charge in [-0.05, 0) is 19.4 Å². The average molecular weight is 336 g/mol. The van der Waals surface area contributed by atoms with Crippen LogP contribution in [0.1, 0.15) is 34.3 Å². The third-order valence-corrected chi connectivity index (χ3v) is 4.21. The first-order valence-corrected chi connectivity index (χ1v) is 8.28. The van der Waals surface area contributed by atoms with Gasteiger partial charge in [0.05, 0.1) is 12.5 Å². The highest BCUT2D eigenvalue weighted by Gasteiger charge is 2.41. The molecule has 0 bridgehead atoms. The molecule has 0 radical (unpaired) electrons. The molecule has 0 saturated heterocycles. The van der Waals surface area contributed by atoms with Crippen molar-refractivity contribution in [2.75, 3.05) is 6.61 Å². The van der Waals surface area contributed by atoms with Crippen molar-refractivity contribution in [3.63, 3.8) is 0 Å². The first-order chi connectivity index (χ1) is 12.1. The van der Waals surface area contributed by atoms with Crippen LogP contribution in [-0.4, -0.2) is 30.1 Å². The van der Waals surface area contributed by atoms with Crippen molar-refractivity contribution >= 4 is 17.5 Å². The predicted octanol–water partition coefficient (Wildman–Crippen LogP) is 2.85. The monoisotopic (exact) mass is 336 g/mol. The van der Waals surface area contributed by atoms with Gasteiger partial charge in [-0.2, -0.15) is 5.10 Å². The van der Waals surface area contributed by atoms with Gasteiger partial charge in [0, 0.05) is 5.56 Å². The number of ether oxygens (including phenoxy) is 1. The molecule has 1 aliphatic rings. The number of hydrogen-bond acceptors (Lipinski definition) is 5. The number of Topliss-reactive ketones (excluding diaryl/α,β-unsaturated/α-hetero) is 1. The van der Waals surface area contributed by atoms with Crippen LogP contribution in [-0.2, 0) is 9.53 Å². The molecule has 128 valence electrons. The standard InChI is InChI=1S/C20H20N2O3/c1-3-25-20(24)18-16(14-11-9-13(2)10-12-14)17(21-22-18)19(23)15-7-5-4-6-8-15/h4-12,16-17,21H,3H2,1-2H3/t16-,17-/m1/s1. The Morgan fingerprint density at radius 1 is 1.08 bits per heavy atom. The van der Waals surface area contributed by atoms with Crippen molar-refractivity contribution < 1.29 is 14.3 Å². The number of nitrogens with zero attached hydrogens (tertiary/aromatic N) is 1. The Morgan fingerprint density at radius 2 is 1.76 bits per heavy atom. The summed E-state index contributed by atoms with van der Waals surface area (Å²) >= 11 is 0. The van der Waals surface area contributed by atoms with Crippen LogP contribution in [0, 0.1) is 6.92 Å². The Labute approximate surface area is 146 Å². The molecule has 1 N–H and O–H groups in total. The lowest BCUT2D eigenvalue weighted by atomic mass is 9.84. The molecule has 0 unspecified atom stereocenters. The summed E-state index contributed by atoms with van der Waals surface area (Å²) in [7, 11) is 0. The fourth-order valence-electron chi connectivity index (χ4n) is 2.93. The maximum atomic E-state index is 12.9. The van der Waals surface area contributed by atoms with E-state index in [1.807, 2.05) is 49.4 Å². The normalized spacial score (nSPS) is 19.0. The van der Waals surface area contributed by atoms with Gasteiger partial charge in [0.1, 0.15) is 6.04 Å². The molecular formula is C20H20N2O3. The van der Waals surface area contributed by atoms with Gasteiger partial charge in [-0.3, -0.25) is 10.2 Å². The molecule has 3 rings (SSSR count). The fraction of sp³-hybridized carbons (Fsp3) is 0.250. The van der Waals surface area contributed by atoms with Gasteiger partial charge in [0.25, 0.3) is 0 Å². The Balaban J connectivity index is 1.97. The molecule has 1 heterocycles. The van der Waals surface area contributed by atoms with Crippen LogP contribution in [0.15, 0.2) is 59.7 Å². The van der Waals surface area contributed by atoms with Gasteiger partial charge in [0.2, 0.25) is 0 Å². The number of esters is 1. The fourth-order valence-corrected chi connectivity index (χ4v) is 2.93. The number of hydrazone groups is 1. The summed E-state index contributed by atoms with van der Waals surface area (Å²) in [5, 5.41) is 4.13. The number of benzene rings is 2. The summed E-state index contributed by atoms with van der Waals surface area (Å²) in [4.78, 5) is 25.2. The number of carbonyl (C=O) groups is 2. The zero-order chi connectivity index (χ0) is 17.8. The Bertz CT molecular complexity index is 797. The van der Waals surface area contributed by atoms with E-state index < -0.39 is 17.9 Å². The van der Waals surface area contributed by atoms with Crippen LogP contribution in [0.5, 0.6) is 0 Å². The van der Waals surface area contributed by atoms with Crippen molar-refractivity contribution in [1.82, 2.24) is 5.43 Å². The van der Waals surface area contributed by atoms with E-state index in [1.54, 1.807) is 19.1 Å². The van der Waals surface area contributed by atoms with Crippen LogP contribution in [0.2, 0.25) is 0 Å². The summed E-state index contributed by atoms with van der Waals surface area (Å²) in [5.41, 5.74) is 5.63. The number of aryl methyl sites for hydroxylation is 1. The van der Waals surface area contributed by atoms with Gasteiger partial charge >= 0.3 is 5.97 Å². The third-order valence-electron chi connectivity index (χ3n) is 4.21. The van der Waals surface area contributed by atoms with Crippen molar-refractivity contribution in [2.24, 2.45) is 5.10 Å². The van der Waals surface area contributed by atoms with Crippen LogP contribution in [0.3, 0.4) is 0 Å². The lowest BCUT2D eigenvalue weighted by molar-refractivity contribution is -0.135. The smallest absolute Gasteiger partial charge is 0.355 e. The van der Waals surface area contributed by atoms with E-state index in [1.165, 1.54) is 0 Å². The third kappa shape index (κ3) is 3.45. The quantitative estimate of drug-likeness (QED) is 0.673. The van der Waals surface area contributed by atoms with Gasteiger partial charge in [-0.25, -0.2) is 4.79 Å². The molecule has 25 heavy (non-hydrogen) atoms. The second-order valence-electron chi connectivity index (χ2n) is 5.94. The van der Waals surface area contributed by atoms with E-state index in [2.05, 4.69) is 10.5 Å². The number of rotatable bonds is 5. The van der Waals surface area contributed by atoms with E-state index in [9.17, 15) is 9.59 Å². The number of nitrogens with one attached hydrogen (secondary N) is 1. The summed E-state index contributed by atoms with van der Waals surface area (Å²) in [6.45, 7) is 3.99. The maximum Gasteiger partial charge on any atom is 0.355 e. The van der Waals surface area contributed by atoms with Crippen LogP contribution in [0.4, 0.5) is 0 Å². The minimum atomic E-state index is -0.635. The molecule has 0 saturated carbocycles. The summed E-state index contributed by atoms with van der Waals surface area (Å²) in [6, 6.07) is 16.1. The summed E-state index contributed by atoms with van der Waals surface area (Å²) < 4.78 is 5.11. The Kier molecular flexibility index (Phi) is 4.93. The highest BCUT2D eigenvalue weighted by Crippen LogP contribution is 2.29. The van der Waals surface area contributed by atoms with Crippen LogP contribution >= 0.6 is 0 Å². The second-order valence-corrected chi connectivity index (χ2v) is 5.94. The molecule has 0 amide bonds. The zero-order valence-electron chi connectivity index (χ0n) is 14.2. The van der Waals surface area contributed by atoms with E-state index in [-0.39, 0.29) is 18.1 Å². The van der Waals surface area contributed by atoms with Gasteiger partial charge in [-0.15, -0.1) is 0 Å². The second kappa shape index (κ2) is 7.30. The Morgan fingerprint density at radius 3 is 2.40 bits per heavy atom. The predicted molar refractivity (Wildman–Crippen MR) is 95.7 cm³/mol. The highest BCUT2D eigenvalue weighted by atomic mass is 16.5. The van der Waals surface area contributed by atoms with E-state index in [0.717, 1.165) is 11.1 Å². The lowest BCUT2D eigenvalue weighted by Crippen LogP contribution is -2.37. The van der Waals surface area contributed by atoms with Crippen LogP contribution in [0.25, 0.3) is 0 Å². The molecular weight excluding hydrogens is 316 g/mol. The lowest BCUT2D eigenvalue weighted by Gasteiger charge is -2.20. The molecule has 0 aliphatic carbocycles. The van der Waals surface area contributed by atoms with Crippen molar-refractivity contribution in [3.05, 3.63) is 71.3 Å². The SMILES string of the molecule is CCOC(=O)C1=NN[C@@H](C(=O)c2ccccc2)[C@H]1c1ccc(C)cc1. The molecule has 2 aromatic carbocycles. The Hall–Kier alpha value is -2.95. The number of carbonyl (C=O) groups excluding carboxylic acids is 2. The summed E-state index contributed by atoms with van der Waals surface area (Å²) in [6.07, 6.45) is 0. The van der Waals surface area contributed by atoms with Crippen molar-refractivity contribution in [1.29, 1.82) is 0 Å². The molecule has 2 aromatic rings. The maximum absolute atomic E-state index is 12.9. The number of ketones is 1. The molecule has 1 aliphatic heterocycles. The van der Waals surface area contributed by atoms with Gasteiger partial charge in [-0.1, -0.05) is 60.2 Å². The topological polar surface area (TPSA) is 67.8 Å². The van der Waals surface area contributed by atoms with E-state index in [4.69, 9.17) is 4.74 Å². The molecule has 2 atom stereocenters. The van der Waals surface area contributed by atoms with Crippen LogP contribution < -0.4 is 5.43 Å². The first kappa shape index (κ1) is 16.9. The minimum Gasteiger partial charge on any atom is -0.461 e. The van der Waals surface area contributed by atoms with Gasteiger partial charge < -0.3 is 4.74 Å². The molecule has 0 spiro atoms. The van der Waals surface area contributed by atoms with Gasteiger partial charge in [0.15, 0.2) is 11.5 Å². The zero-order valence-corrected chi connectivity index (χ0v) is 14.2.